The van der Waals surface area contributed by atoms with E-state index in [9.17, 15) is 4.39 Å². The van der Waals surface area contributed by atoms with Gasteiger partial charge < -0.3 is 10.1 Å². The van der Waals surface area contributed by atoms with Crippen molar-refractivity contribution in [2.45, 2.75) is 19.4 Å². The predicted molar refractivity (Wildman–Crippen MR) is 87.3 cm³/mol. The molecular weight excluding hydrogens is 333 g/mol. The first kappa shape index (κ1) is 16.0. The molecule has 0 radical (unpaired) electrons. The lowest BCUT2D eigenvalue weighted by Gasteiger charge is -2.20. The van der Waals surface area contributed by atoms with Gasteiger partial charge in [-0.2, -0.15) is 0 Å². The Balaban J connectivity index is 2.35. The Morgan fingerprint density at radius 3 is 2.67 bits per heavy atom. The highest BCUT2D eigenvalue weighted by atomic mass is 79.9. The van der Waals surface area contributed by atoms with Crippen LogP contribution in [0.25, 0.3) is 0 Å². The molecule has 1 N–H and O–H groups in total. The van der Waals surface area contributed by atoms with E-state index in [-0.39, 0.29) is 11.9 Å². The van der Waals surface area contributed by atoms with Crippen molar-refractivity contribution < 1.29 is 9.13 Å². The highest BCUT2D eigenvalue weighted by Gasteiger charge is 2.16. The van der Waals surface area contributed by atoms with E-state index in [0.717, 1.165) is 33.3 Å². The summed E-state index contributed by atoms with van der Waals surface area (Å²) in [5.41, 5.74) is 3.12. The van der Waals surface area contributed by atoms with Crippen molar-refractivity contribution in [3.05, 3.63) is 63.4 Å². The molecule has 0 aliphatic heterocycles. The molecule has 0 spiro atoms. The van der Waals surface area contributed by atoms with E-state index in [1.54, 1.807) is 13.2 Å². The maximum atomic E-state index is 13.5. The third-order valence-corrected chi connectivity index (χ3v) is 4.12. The zero-order chi connectivity index (χ0) is 15.4. The van der Waals surface area contributed by atoms with E-state index in [4.69, 9.17) is 4.74 Å². The van der Waals surface area contributed by atoms with Crippen LogP contribution in [0, 0.1) is 12.7 Å². The van der Waals surface area contributed by atoms with Crippen LogP contribution >= 0.6 is 15.9 Å². The number of benzene rings is 2. The Labute approximate surface area is 133 Å². The Hall–Kier alpha value is -1.39. The summed E-state index contributed by atoms with van der Waals surface area (Å²) in [6, 6.07) is 10.9. The Bertz CT molecular complexity index is 630. The molecule has 112 valence electrons. The van der Waals surface area contributed by atoms with Gasteiger partial charge >= 0.3 is 0 Å². The second-order valence-corrected chi connectivity index (χ2v) is 5.92. The molecule has 21 heavy (non-hydrogen) atoms. The van der Waals surface area contributed by atoms with Crippen LogP contribution in [0.2, 0.25) is 0 Å². The van der Waals surface area contributed by atoms with Gasteiger partial charge in [-0.1, -0.05) is 22.0 Å². The van der Waals surface area contributed by atoms with E-state index < -0.39 is 0 Å². The van der Waals surface area contributed by atoms with Crippen molar-refractivity contribution in [2.75, 3.05) is 14.2 Å². The highest BCUT2D eigenvalue weighted by molar-refractivity contribution is 9.10. The van der Waals surface area contributed by atoms with Gasteiger partial charge in [-0.3, -0.25) is 0 Å². The van der Waals surface area contributed by atoms with Gasteiger partial charge in [-0.05, 0) is 67.4 Å². The van der Waals surface area contributed by atoms with Crippen LogP contribution in [0.1, 0.15) is 22.7 Å². The molecule has 4 heteroatoms. The highest BCUT2D eigenvalue weighted by Crippen LogP contribution is 2.29. The minimum atomic E-state index is -0.211. The molecule has 0 fully saturated rings. The number of nitrogens with one attached hydrogen (secondary N) is 1. The molecule has 0 aromatic heterocycles. The van der Waals surface area contributed by atoms with E-state index >= 15 is 0 Å². The summed E-state index contributed by atoms with van der Waals surface area (Å²) >= 11 is 3.48. The number of aryl methyl sites for hydroxylation is 1. The number of hydrogen-bond donors (Lipinski definition) is 1. The van der Waals surface area contributed by atoms with Gasteiger partial charge in [0.25, 0.3) is 0 Å². The lowest BCUT2D eigenvalue weighted by Crippen LogP contribution is -2.20. The topological polar surface area (TPSA) is 21.3 Å². The molecule has 0 bridgehead atoms. The third kappa shape index (κ3) is 3.83. The van der Waals surface area contributed by atoms with Crippen molar-refractivity contribution >= 4 is 15.9 Å². The molecule has 0 heterocycles. The fourth-order valence-corrected chi connectivity index (χ4v) is 2.89. The normalized spacial score (nSPS) is 12.2. The van der Waals surface area contributed by atoms with Gasteiger partial charge in [0.1, 0.15) is 11.6 Å². The summed E-state index contributed by atoms with van der Waals surface area (Å²) < 4.78 is 19.9. The van der Waals surface area contributed by atoms with Gasteiger partial charge in [-0.25, -0.2) is 4.39 Å². The smallest absolute Gasteiger partial charge is 0.123 e. The molecule has 1 unspecified atom stereocenters. The summed E-state index contributed by atoms with van der Waals surface area (Å²) in [7, 11) is 3.55. The predicted octanol–water partition coefficient (Wildman–Crippen LogP) is 4.41. The van der Waals surface area contributed by atoms with Crippen LogP contribution in [0.5, 0.6) is 5.75 Å². The van der Waals surface area contributed by atoms with Gasteiger partial charge in [0.05, 0.1) is 7.11 Å². The Kier molecular flexibility index (Phi) is 5.37. The average Bonchev–Trinajstić information content (AvgIpc) is 2.47. The van der Waals surface area contributed by atoms with Gasteiger partial charge in [0.15, 0.2) is 0 Å². The van der Waals surface area contributed by atoms with E-state index in [1.165, 1.54) is 6.07 Å². The molecule has 0 aliphatic carbocycles. The van der Waals surface area contributed by atoms with Gasteiger partial charge in [-0.15, -0.1) is 0 Å². The molecular formula is C17H19BrFNO. The number of ether oxygens (including phenoxy) is 1. The van der Waals surface area contributed by atoms with Gasteiger partial charge in [0.2, 0.25) is 0 Å². The van der Waals surface area contributed by atoms with Gasteiger partial charge in [0, 0.05) is 10.5 Å². The zero-order valence-electron chi connectivity index (χ0n) is 12.4. The fraction of sp³-hybridized carbons (Fsp3) is 0.294. The zero-order valence-corrected chi connectivity index (χ0v) is 14.0. The van der Waals surface area contributed by atoms with Crippen LogP contribution in [0.15, 0.2) is 40.9 Å². The summed E-state index contributed by atoms with van der Waals surface area (Å²) in [6.45, 7) is 2.00. The summed E-state index contributed by atoms with van der Waals surface area (Å²) in [5.74, 6) is 0.629. The average molecular weight is 352 g/mol. The maximum absolute atomic E-state index is 13.5. The number of hydrogen-bond acceptors (Lipinski definition) is 2. The van der Waals surface area contributed by atoms with Crippen molar-refractivity contribution in [3.8, 4) is 5.75 Å². The first-order valence-electron chi connectivity index (χ1n) is 6.81. The summed E-state index contributed by atoms with van der Waals surface area (Å²) in [6.07, 6.45) is 0.726. The van der Waals surface area contributed by atoms with Crippen molar-refractivity contribution in [1.82, 2.24) is 5.32 Å². The minimum absolute atomic E-state index is 0.0314. The maximum Gasteiger partial charge on any atom is 0.123 e. The molecule has 0 amide bonds. The number of halogens is 2. The Morgan fingerprint density at radius 1 is 1.24 bits per heavy atom. The molecule has 0 aliphatic rings. The molecule has 0 saturated heterocycles. The van der Waals surface area contributed by atoms with Crippen LogP contribution in [0.4, 0.5) is 4.39 Å². The quantitative estimate of drug-likeness (QED) is 0.861. The second kappa shape index (κ2) is 7.05. The largest absolute Gasteiger partial charge is 0.496 e. The van der Waals surface area contributed by atoms with Crippen molar-refractivity contribution in [3.63, 3.8) is 0 Å². The fourth-order valence-electron chi connectivity index (χ4n) is 2.48. The van der Waals surface area contributed by atoms with Crippen LogP contribution in [0.3, 0.4) is 0 Å². The summed E-state index contributed by atoms with van der Waals surface area (Å²) in [4.78, 5) is 0. The summed E-state index contributed by atoms with van der Waals surface area (Å²) in [5, 5.41) is 3.27. The van der Waals surface area contributed by atoms with E-state index in [0.29, 0.717) is 0 Å². The third-order valence-electron chi connectivity index (χ3n) is 3.63. The van der Waals surface area contributed by atoms with Crippen molar-refractivity contribution in [2.24, 2.45) is 0 Å². The van der Waals surface area contributed by atoms with Crippen LogP contribution in [-0.2, 0) is 6.42 Å². The second-order valence-electron chi connectivity index (χ2n) is 5.00. The lowest BCUT2D eigenvalue weighted by atomic mass is 9.95. The monoisotopic (exact) mass is 351 g/mol. The first-order chi connectivity index (χ1) is 10.0. The number of rotatable bonds is 5. The molecule has 0 saturated carbocycles. The lowest BCUT2D eigenvalue weighted by molar-refractivity contribution is 0.406. The minimum Gasteiger partial charge on any atom is -0.496 e. The molecule has 2 aromatic carbocycles. The number of likely N-dealkylation sites (N-methyl/N-ethyl adjacent to an activating group) is 1. The standard InChI is InChI=1S/C17H19BrFNO/c1-11-4-6-14(19)10-15(11)16(20-2)9-12-8-13(18)5-7-17(12)21-3/h4-8,10,16,20H,9H2,1-3H3. The first-order valence-corrected chi connectivity index (χ1v) is 7.60. The van der Waals surface area contributed by atoms with Crippen LogP contribution < -0.4 is 10.1 Å². The SMILES string of the molecule is CNC(Cc1cc(Br)ccc1OC)c1cc(F)ccc1C. The molecule has 1 atom stereocenters. The molecule has 2 aromatic rings. The number of methoxy groups -OCH3 is 1. The molecule has 2 nitrogen and oxygen atoms in total. The van der Waals surface area contributed by atoms with E-state index in [2.05, 4.69) is 21.2 Å². The van der Waals surface area contributed by atoms with Crippen molar-refractivity contribution in [1.29, 1.82) is 0 Å². The molecule has 2 rings (SSSR count). The van der Waals surface area contributed by atoms with E-state index in [1.807, 2.05) is 38.2 Å². The Morgan fingerprint density at radius 2 is 2.00 bits per heavy atom. The van der Waals surface area contributed by atoms with Crippen LogP contribution in [-0.4, -0.2) is 14.2 Å².